The first kappa shape index (κ1) is 19.4. The number of amides is 2. The molecule has 1 fully saturated rings. The van der Waals surface area contributed by atoms with Gasteiger partial charge in [-0.05, 0) is 38.0 Å². The Balaban J connectivity index is 2.05. The number of benzene rings is 1. The summed E-state index contributed by atoms with van der Waals surface area (Å²) in [5, 5.41) is 1.98. The molecule has 2 amide bonds. The predicted octanol–water partition coefficient (Wildman–Crippen LogP) is 4.17. The standard InChI is InChI=1S/C16H18ClF3N2O3/c1-2-25-14(23)10-4-3-7-22(9-10)15(24)21-11-5-6-13(17)12(8-11)16(18,19)20/h5-6,8,10H,2-4,7,9H2,1H3,(H,21,24). The van der Waals surface area contributed by atoms with Crippen LogP contribution in [0.1, 0.15) is 25.3 Å². The number of rotatable bonds is 3. The van der Waals surface area contributed by atoms with Crippen molar-refractivity contribution in [2.24, 2.45) is 5.92 Å². The van der Waals surface area contributed by atoms with Gasteiger partial charge >= 0.3 is 18.2 Å². The Morgan fingerprint density at radius 2 is 2.12 bits per heavy atom. The third kappa shape index (κ3) is 5.01. The number of urea groups is 1. The van der Waals surface area contributed by atoms with Gasteiger partial charge in [0, 0.05) is 18.8 Å². The molecule has 0 bridgehead atoms. The third-order valence-electron chi connectivity index (χ3n) is 3.85. The highest BCUT2D eigenvalue weighted by atomic mass is 35.5. The third-order valence-corrected chi connectivity index (χ3v) is 4.18. The number of carbonyl (C=O) groups is 2. The van der Waals surface area contributed by atoms with E-state index in [0.717, 1.165) is 12.1 Å². The van der Waals surface area contributed by atoms with Crippen molar-refractivity contribution in [1.82, 2.24) is 4.90 Å². The summed E-state index contributed by atoms with van der Waals surface area (Å²) in [6, 6.07) is 2.59. The number of nitrogens with zero attached hydrogens (tertiary/aromatic N) is 1. The van der Waals surface area contributed by atoms with Gasteiger partial charge in [-0.2, -0.15) is 13.2 Å². The van der Waals surface area contributed by atoms with E-state index in [1.165, 1.54) is 11.0 Å². The SMILES string of the molecule is CCOC(=O)C1CCCN(C(=O)Nc2ccc(Cl)c(C(F)(F)F)c2)C1. The maximum absolute atomic E-state index is 12.9. The summed E-state index contributed by atoms with van der Waals surface area (Å²) in [5.74, 6) is -0.791. The molecule has 1 saturated heterocycles. The fourth-order valence-electron chi connectivity index (χ4n) is 2.64. The Kier molecular flexibility index (Phi) is 6.16. The first-order valence-corrected chi connectivity index (χ1v) is 8.19. The molecule has 0 aromatic heterocycles. The second-order valence-corrected chi connectivity index (χ2v) is 6.07. The van der Waals surface area contributed by atoms with Gasteiger partial charge in [0.1, 0.15) is 0 Å². The van der Waals surface area contributed by atoms with Crippen molar-refractivity contribution >= 4 is 29.3 Å². The molecule has 138 valence electrons. The van der Waals surface area contributed by atoms with Gasteiger partial charge in [0.05, 0.1) is 23.1 Å². The number of hydrogen-bond donors (Lipinski definition) is 1. The normalized spacial score (nSPS) is 18.0. The van der Waals surface area contributed by atoms with E-state index in [9.17, 15) is 22.8 Å². The number of hydrogen-bond acceptors (Lipinski definition) is 3. The Morgan fingerprint density at radius 3 is 2.76 bits per heavy atom. The Hall–Kier alpha value is -1.96. The monoisotopic (exact) mass is 378 g/mol. The molecular weight excluding hydrogens is 361 g/mol. The zero-order valence-electron chi connectivity index (χ0n) is 13.5. The summed E-state index contributed by atoms with van der Waals surface area (Å²) in [5.41, 5.74) is -1.03. The number of ether oxygens (including phenoxy) is 1. The summed E-state index contributed by atoms with van der Waals surface area (Å²) >= 11 is 5.56. The van der Waals surface area contributed by atoms with Gasteiger partial charge < -0.3 is 15.0 Å². The number of carbonyl (C=O) groups excluding carboxylic acids is 2. The number of esters is 1. The van der Waals surface area contributed by atoms with Crippen molar-refractivity contribution in [2.75, 3.05) is 25.0 Å². The minimum absolute atomic E-state index is 0.0139. The van der Waals surface area contributed by atoms with Gasteiger partial charge in [-0.15, -0.1) is 0 Å². The zero-order valence-corrected chi connectivity index (χ0v) is 14.3. The lowest BCUT2D eigenvalue weighted by molar-refractivity contribution is -0.149. The van der Waals surface area contributed by atoms with Gasteiger partial charge in [-0.3, -0.25) is 4.79 Å². The molecule has 9 heteroatoms. The van der Waals surface area contributed by atoms with E-state index in [2.05, 4.69) is 5.32 Å². The maximum Gasteiger partial charge on any atom is 0.417 e. The van der Waals surface area contributed by atoms with Crippen LogP contribution in [0.5, 0.6) is 0 Å². The number of likely N-dealkylation sites (tertiary alicyclic amines) is 1. The maximum atomic E-state index is 12.9. The van der Waals surface area contributed by atoms with Crippen LogP contribution < -0.4 is 5.32 Å². The largest absolute Gasteiger partial charge is 0.466 e. The highest BCUT2D eigenvalue weighted by molar-refractivity contribution is 6.31. The average Bonchev–Trinajstić information content (AvgIpc) is 2.56. The Bertz CT molecular complexity index is 652. The molecule has 1 heterocycles. The second kappa shape index (κ2) is 7.95. The van der Waals surface area contributed by atoms with Crippen molar-refractivity contribution in [3.05, 3.63) is 28.8 Å². The topological polar surface area (TPSA) is 58.6 Å². The van der Waals surface area contributed by atoms with Crippen LogP contribution in [0, 0.1) is 5.92 Å². The zero-order chi connectivity index (χ0) is 18.6. The summed E-state index contributed by atoms with van der Waals surface area (Å²) < 4.78 is 43.6. The van der Waals surface area contributed by atoms with E-state index in [-0.39, 0.29) is 24.8 Å². The Morgan fingerprint density at radius 1 is 1.40 bits per heavy atom. The Labute approximate surface area is 148 Å². The second-order valence-electron chi connectivity index (χ2n) is 5.66. The molecule has 1 aliphatic rings. The highest BCUT2D eigenvalue weighted by Gasteiger charge is 2.34. The van der Waals surface area contributed by atoms with Gasteiger partial charge in [-0.25, -0.2) is 4.79 Å². The number of alkyl halides is 3. The summed E-state index contributed by atoms with van der Waals surface area (Å²) in [4.78, 5) is 25.5. The molecule has 5 nitrogen and oxygen atoms in total. The fraction of sp³-hybridized carbons (Fsp3) is 0.500. The lowest BCUT2D eigenvalue weighted by Crippen LogP contribution is -2.44. The average molecular weight is 379 g/mol. The molecule has 25 heavy (non-hydrogen) atoms. The minimum atomic E-state index is -4.61. The molecule has 0 spiro atoms. The van der Waals surface area contributed by atoms with E-state index < -0.39 is 28.7 Å². The molecule has 1 aromatic carbocycles. The van der Waals surface area contributed by atoms with Gasteiger partial charge in [0.15, 0.2) is 0 Å². The molecule has 1 atom stereocenters. The van der Waals surface area contributed by atoms with Crippen LogP contribution in [-0.2, 0) is 15.7 Å². The van der Waals surface area contributed by atoms with E-state index in [1.54, 1.807) is 6.92 Å². The van der Waals surface area contributed by atoms with Gasteiger partial charge in [0.2, 0.25) is 0 Å². The van der Waals surface area contributed by atoms with Gasteiger partial charge in [0.25, 0.3) is 0 Å². The first-order chi connectivity index (χ1) is 11.7. The molecule has 1 N–H and O–H groups in total. The summed E-state index contributed by atoms with van der Waals surface area (Å²) in [6.07, 6.45) is -3.38. The van der Waals surface area contributed by atoms with E-state index in [4.69, 9.17) is 16.3 Å². The summed E-state index contributed by atoms with van der Waals surface area (Å²) in [7, 11) is 0. The van der Waals surface area contributed by atoms with Crippen LogP contribution in [-0.4, -0.2) is 36.6 Å². The number of anilines is 1. The lowest BCUT2D eigenvalue weighted by Gasteiger charge is -2.31. The van der Waals surface area contributed by atoms with Crippen LogP contribution in [0.3, 0.4) is 0 Å². The highest BCUT2D eigenvalue weighted by Crippen LogP contribution is 2.36. The van der Waals surface area contributed by atoms with Crippen molar-refractivity contribution in [2.45, 2.75) is 25.9 Å². The molecular formula is C16H18ClF3N2O3. The van der Waals surface area contributed by atoms with Crippen LogP contribution in [0.25, 0.3) is 0 Å². The minimum Gasteiger partial charge on any atom is -0.466 e. The molecule has 0 radical (unpaired) electrons. The van der Waals surface area contributed by atoms with E-state index >= 15 is 0 Å². The van der Waals surface area contributed by atoms with Crippen molar-refractivity contribution < 1.29 is 27.5 Å². The van der Waals surface area contributed by atoms with E-state index in [1.807, 2.05) is 0 Å². The first-order valence-electron chi connectivity index (χ1n) is 7.81. The smallest absolute Gasteiger partial charge is 0.417 e. The van der Waals surface area contributed by atoms with Gasteiger partial charge in [-0.1, -0.05) is 11.6 Å². The lowest BCUT2D eigenvalue weighted by atomic mass is 9.98. The van der Waals surface area contributed by atoms with Crippen molar-refractivity contribution in [1.29, 1.82) is 0 Å². The molecule has 1 aromatic rings. The quantitative estimate of drug-likeness (QED) is 0.803. The molecule has 2 rings (SSSR count). The molecule has 1 unspecified atom stereocenters. The van der Waals surface area contributed by atoms with E-state index in [0.29, 0.717) is 19.4 Å². The number of piperidine rings is 1. The van der Waals surface area contributed by atoms with Crippen molar-refractivity contribution in [3.63, 3.8) is 0 Å². The van der Waals surface area contributed by atoms with Crippen LogP contribution in [0.15, 0.2) is 18.2 Å². The van der Waals surface area contributed by atoms with Crippen LogP contribution >= 0.6 is 11.6 Å². The van der Waals surface area contributed by atoms with Crippen molar-refractivity contribution in [3.8, 4) is 0 Å². The van der Waals surface area contributed by atoms with Crippen LogP contribution in [0.2, 0.25) is 5.02 Å². The molecule has 0 saturated carbocycles. The fourth-order valence-corrected chi connectivity index (χ4v) is 2.86. The van der Waals surface area contributed by atoms with Crippen LogP contribution in [0.4, 0.5) is 23.7 Å². The summed E-state index contributed by atoms with van der Waals surface area (Å²) in [6.45, 7) is 2.54. The molecule has 1 aliphatic heterocycles. The number of halogens is 4. The predicted molar refractivity (Wildman–Crippen MR) is 86.4 cm³/mol. The number of nitrogens with one attached hydrogen (secondary N) is 1. The molecule has 0 aliphatic carbocycles.